The smallest absolute Gasteiger partial charge is 0.251 e. The second kappa shape index (κ2) is 10.8. The molecule has 0 spiro atoms. The summed E-state index contributed by atoms with van der Waals surface area (Å²) in [6, 6.07) is 17.8. The zero-order valence-corrected chi connectivity index (χ0v) is 19.6. The van der Waals surface area contributed by atoms with Crippen LogP contribution in [0.5, 0.6) is 0 Å². The fraction of sp³-hybridized carbons (Fsp3) is 0.143. The number of hydrogen-bond donors (Lipinski definition) is 1. The first-order valence-corrected chi connectivity index (χ1v) is 11.7. The Balaban J connectivity index is 1.83. The van der Waals surface area contributed by atoms with Gasteiger partial charge >= 0.3 is 0 Å². The molecular formula is C28H28N2OS. The first kappa shape index (κ1) is 23.3. The summed E-state index contributed by atoms with van der Waals surface area (Å²) >= 11 is 1.64. The fourth-order valence-electron chi connectivity index (χ4n) is 3.47. The minimum Gasteiger partial charge on any atom is -0.344 e. The molecule has 0 bridgehead atoms. The van der Waals surface area contributed by atoms with E-state index in [0.29, 0.717) is 5.56 Å². The van der Waals surface area contributed by atoms with Crippen molar-refractivity contribution < 1.29 is 4.79 Å². The molecule has 1 N–H and O–H groups in total. The molecule has 1 amide bonds. The fourth-order valence-corrected chi connectivity index (χ4v) is 4.10. The van der Waals surface area contributed by atoms with Crippen molar-refractivity contribution in [1.82, 2.24) is 10.3 Å². The van der Waals surface area contributed by atoms with Crippen molar-refractivity contribution in [3.63, 3.8) is 0 Å². The standard InChI is InChI=1S/C28H28N2OS/c1-6-9-21(7-2)22-10-8-11-23(16-22)24-14-15-29-26(17-24)20(4)30-28(31)25-13-12-19(3)27(18-25)32-5/h6-18,20H,1-2H2,3-5H3,(H,30,31)/b21-9+. The molecule has 1 aromatic heterocycles. The van der Waals surface area contributed by atoms with Gasteiger partial charge in [-0.3, -0.25) is 9.78 Å². The highest BCUT2D eigenvalue weighted by Gasteiger charge is 2.14. The lowest BCUT2D eigenvalue weighted by atomic mass is 9.98. The van der Waals surface area contributed by atoms with Crippen LogP contribution >= 0.6 is 11.8 Å². The highest BCUT2D eigenvalue weighted by atomic mass is 32.2. The maximum absolute atomic E-state index is 12.8. The van der Waals surface area contributed by atoms with Gasteiger partial charge in [0.2, 0.25) is 0 Å². The number of allylic oxidation sites excluding steroid dienone is 4. The zero-order valence-electron chi connectivity index (χ0n) is 18.8. The third-order valence-corrected chi connectivity index (χ3v) is 6.17. The SMILES string of the molecule is C=C/C=C(\C=C)c1cccc(-c2ccnc(C(C)NC(=O)c3ccc(C)c(SC)c3)c2)c1. The lowest BCUT2D eigenvalue weighted by Gasteiger charge is -2.15. The number of nitrogens with zero attached hydrogens (tertiary/aromatic N) is 1. The Labute approximate surface area is 195 Å². The van der Waals surface area contributed by atoms with Crippen molar-refractivity contribution in [3.8, 4) is 11.1 Å². The van der Waals surface area contributed by atoms with E-state index in [4.69, 9.17) is 0 Å². The number of nitrogens with one attached hydrogen (secondary N) is 1. The van der Waals surface area contributed by atoms with E-state index < -0.39 is 0 Å². The van der Waals surface area contributed by atoms with E-state index in [-0.39, 0.29) is 11.9 Å². The Morgan fingerprint density at radius 1 is 1.06 bits per heavy atom. The normalized spacial score (nSPS) is 12.2. The van der Waals surface area contributed by atoms with E-state index in [1.54, 1.807) is 24.0 Å². The van der Waals surface area contributed by atoms with Gasteiger partial charge in [-0.1, -0.05) is 55.7 Å². The molecule has 3 aromatic rings. The van der Waals surface area contributed by atoms with Gasteiger partial charge in [0, 0.05) is 16.7 Å². The van der Waals surface area contributed by atoms with E-state index in [1.165, 1.54) is 5.56 Å². The van der Waals surface area contributed by atoms with Crippen LogP contribution in [0.1, 0.15) is 40.1 Å². The van der Waals surface area contributed by atoms with Crippen molar-refractivity contribution in [1.29, 1.82) is 0 Å². The number of carbonyl (C=O) groups is 1. The van der Waals surface area contributed by atoms with E-state index in [1.807, 2.05) is 68.7 Å². The van der Waals surface area contributed by atoms with E-state index in [0.717, 1.165) is 32.9 Å². The third kappa shape index (κ3) is 5.45. The Morgan fingerprint density at radius 3 is 2.56 bits per heavy atom. The summed E-state index contributed by atoms with van der Waals surface area (Å²) in [6.07, 6.45) is 9.32. The first-order valence-electron chi connectivity index (χ1n) is 10.4. The van der Waals surface area contributed by atoms with Gasteiger partial charge in [0.05, 0.1) is 11.7 Å². The number of aromatic nitrogens is 1. The number of amides is 1. The first-order chi connectivity index (χ1) is 15.5. The molecule has 1 atom stereocenters. The van der Waals surface area contributed by atoms with Crippen LogP contribution in [0.2, 0.25) is 0 Å². The van der Waals surface area contributed by atoms with Crippen LogP contribution in [0.25, 0.3) is 16.7 Å². The molecule has 0 aliphatic rings. The number of hydrogen-bond acceptors (Lipinski definition) is 3. The highest BCUT2D eigenvalue weighted by molar-refractivity contribution is 7.98. The average Bonchev–Trinajstić information content (AvgIpc) is 2.82. The van der Waals surface area contributed by atoms with Gasteiger partial charge in [0.1, 0.15) is 0 Å². The molecule has 0 fully saturated rings. The van der Waals surface area contributed by atoms with Crippen LogP contribution in [0, 0.1) is 6.92 Å². The van der Waals surface area contributed by atoms with Gasteiger partial charge in [-0.25, -0.2) is 0 Å². The van der Waals surface area contributed by atoms with Gasteiger partial charge in [-0.05, 0) is 78.3 Å². The van der Waals surface area contributed by atoms with Crippen LogP contribution in [0.4, 0.5) is 0 Å². The molecule has 0 saturated carbocycles. The lowest BCUT2D eigenvalue weighted by Crippen LogP contribution is -2.27. The Morgan fingerprint density at radius 2 is 1.84 bits per heavy atom. The molecule has 3 nitrogen and oxygen atoms in total. The van der Waals surface area contributed by atoms with E-state index in [9.17, 15) is 4.79 Å². The molecule has 2 aromatic carbocycles. The van der Waals surface area contributed by atoms with E-state index >= 15 is 0 Å². The predicted molar refractivity (Wildman–Crippen MR) is 137 cm³/mol. The van der Waals surface area contributed by atoms with Crippen LogP contribution in [-0.2, 0) is 0 Å². The molecule has 4 heteroatoms. The summed E-state index contributed by atoms with van der Waals surface area (Å²) in [7, 11) is 0. The summed E-state index contributed by atoms with van der Waals surface area (Å²) in [4.78, 5) is 18.4. The number of benzene rings is 2. The van der Waals surface area contributed by atoms with Crippen molar-refractivity contribution in [2.45, 2.75) is 24.8 Å². The summed E-state index contributed by atoms with van der Waals surface area (Å²) in [5, 5.41) is 3.07. The molecule has 1 heterocycles. The van der Waals surface area contributed by atoms with Gasteiger partial charge < -0.3 is 5.32 Å². The topological polar surface area (TPSA) is 42.0 Å². The largest absolute Gasteiger partial charge is 0.344 e. The van der Waals surface area contributed by atoms with Crippen molar-refractivity contribution >= 4 is 23.2 Å². The predicted octanol–water partition coefficient (Wildman–Crippen LogP) is 7.03. The third-order valence-electron chi connectivity index (χ3n) is 5.29. The van der Waals surface area contributed by atoms with Gasteiger partial charge in [0.25, 0.3) is 5.91 Å². The zero-order chi connectivity index (χ0) is 23.1. The number of pyridine rings is 1. The molecule has 0 aliphatic carbocycles. The maximum Gasteiger partial charge on any atom is 0.251 e. The molecule has 3 rings (SSSR count). The van der Waals surface area contributed by atoms with Gasteiger partial charge in [-0.2, -0.15) is 0 Å². The van der Waals surface area contributed by atoms with Crippen molar-refractivity contribution in [3.05, 3.63) is 115 Å². The Bertz CT molecular complexity index is 1180. The van der Waals surface area contributed by atoms with Crippen LogP contribution < -0.4 is 5.32 Å². The Hall–Kier alpha value is -3.37. The molecule has 1 unspecified atom stereocenters. The minimum absolute atomic E-state index is 0.104. The molecule has 0 aliphatic heterocycles. The molecule has 0 radical (unpaired) electrons. The second-order valence-electron chi connectivity index (χ2n) is 7.49. The number of thioether (sulfide) groups is 1. The molecular weight excluding hydrogens is 412 g/mol. The van der Waals surface area contributed by atoms with Gasteiger partial charge in [0.15, 0.2) is 0 Å². The highest BCUT2D eigenvalue weighted by Crippen LogP contribution is 2.26. The summed E-state index contributed by atoms with van der Waals surface area (Å²) in [6.45, 7) is 11.7. The van der Waals surface area contributed by atoms with Gasteiger partial charge in [-0.15, -0.1) is 11.8 Å². The van der Waals surface area contributed by atoms with Crippen molar-refractivity contribution in [2.75, 3.05) is 6.26 Å². The quantitative estimate of drug-likeness (QED) is 0.302. The minimum atomic E-state index is -0.228. The van der Waals surface area contributed by atoms with Crippen LogP contribution in [-0.4, -0.2) is 17.1 Å². The second-order valence-corrected chi connectivity index (χ2v) is 8.34. The number of carbonyl (C=O) groups excluding carboxylic acids is 1. The van der Waals surface area contributed by atoms with E-state index in [2.05, 4.69) is 41.7 Å². The number of rotatable bonds is 8. The lowest BCUT2D eigenvalue weighted by molar-refractivity contribution is 0.0939. The summed E-state index contributed by atoms with van der Waals surface area (Å²) < 4.78 is 0. The maximum atomic E-state index is 12.8. The van der Waals surface area contributed by atoms with Crippen LogP contribution in [0.15, 0.2) is 97.1 Å². The summed E-state index contributed by atoms with van der Waals surface area (Å²) in [5.74, 6) is -0.104. The number of aryl methyl sites for hydroxylation is 1. The summed E-state index contributed by atoms with van der Waals surface area (Å²) in [5.41, 5.74) is 6.83. The average molecular weight is 441 g/mol. The molecule has 162 valence electrons. The molecule has 32 heavy (non-hydrogen) atoms. The van der Waals surface area contributed by atoms with Crippen molar-refractivity contribution in [2.24, 2.45) is 0 Å². The van der Waals surface area contributed by atoms with Crippen LogP contribution in [0.3, 0.4) is 0 Å². The molecule has 0 saturated heterocycles. The monoisotopic (exact) mass is 440 g/mol. The Kier molecular flexibility index (Phi) is 7.85.